The standard InChI is InChI=1S/C30H29N3O2/c1-18(2)30(35)33-26(22-10-6-5-9-20(22)4)17-25(32-33)28-27(21-15-13-19(3)14-16-21)23-11-7-8-12-24(23)31-29(28)34/h5-16,18,26H,17H2,1-4H3,(H,31,34)/t26-/m0/s1. The molecule has 0 saturated heterocycles. The molecule has 0 aliphatic carbocycles. The number of hydrogen-bond acceptors (Lipinski definition) is 3. The lowest BCUT2D eigenvalue weighted by Gasteiger charge is -2.24. The average molecular weight is 464 g/mol. The molecule has 4 aromatic rings. The molecule has 2 heterocycles. The van der Waals surface area contributed by atoms with Crippen molar-refractivity contribution in [1.82, 2.24) is 9.99 Å². The Morgan fingerprint density at radius 2 is 1.63 bits per heavy atom. The van der Waals surface area contributed by atoms with E-state index in [2.05, 4.69) is 17.1 Å². The van der Waals surface area contributed by atoms with Gasteiger partial charge in [0.05, 0.1) is 17.3 Å². The van der Waals surface area contributed by atoms with Crippen LogP contribution in [-0.2, 0) is 4.79 Å². The third-order valence-electron chi connectivity index (χ3n) is 6.73. The van der Waals surface area contributed by atoms with Crippen LogP contribution in [0.2, 0.25) is 0 Å². The average Bonchev–Trinajstić information content (AvgIpc) is 3.28. The zero-order chi connectivity index (χ0) is 24.7. The van der Waals surface area contributed by atoms with Crippen LogP contribution in [0.1, 0.15) is 48.6 Å². The molecule has 1 N–H and O–H groups in total. The van der Waals surface area contributed by atoms with Crippen LogP contribution in [0.5, 0.6) is 0 Å². The van der Waals surface area contributed by atoms with Crippen molar-refractivity contribution in [2.75, 3.05) is 0 Å². The van der Waals surface area contributed by atoms with Gasteiger partial charge < -0.3 is 4.98 Å². The number of aromatic nitrogens is 1. The van der Waals surface area contributed by atoms with E-state index < -0.39 is 0 Å². The number of nitrogens with one attached hydrogen (secondary N) is 1. The molecule has 0 saturated carbocycles. The summed E-state index contributed by atoms with van der Waals surface area (Å²) >= 11 is 0. The number of aromatic amines is 1. The van der Waals surface area contributed by atoms with E-state index >= 15 is 0 Å². The van der Waals surface area contributed by atoms with Crippen LogP contribution in [-0.4, -0.2) is 21.6 Å². The smallest absolute Gasteiger partial charge is 0.258 e. The molecule has 5 rings (SSSR count). The van der Waals surface area contributed by atoms with E-state index in [0.717, 1.165) is 38.7 Å². The highest BCUT2D eigenvalue weighted by Crippen LogP contribution is 2.38. The van der Waals surface area contributed by atoms with E-state index in [1.54, 1.807) is 5.01 Å². The van der Waals surface area contributed by atoms with Gasteiger partial charge in [-0.1, -0.05) is 86.1 Å². The Hall–Kier alpha value is -3.99. The lowest BCUT2D eigenvalue weighted by atomic mass is 9.90. The first kappa shape index (κ1) is 22.8. The van der Waals surface area contributed by atoms with Crippen molar-refractivity contribution < 1.29 is 4.79 Å². The summed E-state index contributed by atoms with van der Waals surface area (Å²) in [5.41, 5.74) is 6.86. The van der Waals surface area contributed by atoms with Crippen LogP contribution < -0.4 is 5.56 Å². The molecule has 3 aromatic carbocycles. The third-order valence-corrected chi connectivity index (χ3v) is 6.73. The van der Waals surface area contributed by atoms with Gasteiger partial charge in [0.2, 0.25) is 5.91 Å². The number of H-pyrrole nitrogens is 1. The molecule has 0 unspecified atom stereocenters. The molecule has 1 aliphatic heterocycles. The monoisotopic (exact) mass is 463 g/mol. The first-order chi connectivity index (χ1) is 16.8. The van der Waals surface area contributed by atoms with Crippen molar-refractivity contribution >= 4 is 22.5 Å². The summed E-state index contributed by atoms with van der Waals surface area (Å²) in [5, 5.41) is 7.38. The number of rotatable bonds is 4. The normalized spacial score (nSPS) is 15.6. The number of pyridine rings is 1. The van der Waals surface area contributed by atoms with E-state index in [4.69, 9.17) is 5.10 Å². The minimum Gasteiger partial charge on any atom is -0.321 e. The molecule has 0 spiro atoms. The number of nitrogens with zero attached hydrogens (tertiary/aromatic N) is 2. The number of hydrazone groups is 1. The predicted octanol–water partition coefficient (Wildman–Crippen LogP) is 6.15. The van der Waals surface area contributed by atoms with Gasteiger partial charge in [0.1, 0.15) is 0 Å². The Morgan fingerprint density at radius 1 is 0.943 bits per heavy atom. The summed E-state index contributed by atoms with van der Waals surface area (Å²) < 4.78 is 0. The molecule has 0 bridgehead atoms. The van der Waals surface area contributed by atoms with Gasteiger partial charge in [-0.3, -0.25) is 9.59 Å². The Kier molecular flexibility index (Phi) is 5.85. The van der Waals surface area contributed by atoms with E-state index in [9.17, 15) is 9.59 Å². The summed E-state index contributed by atoms with van der Waals surface area (Å²) in [5.74, 6) is -0.265. The molecule has 176 valence electrons. The van der Waals surface area contributed by atoms with E-state index in [1.807, 2.05) is 88.4 Å². The SMILES string of the molecule is Cc1ccc(-c2c(C3=NN(C(=O)C(C)C)[C@H](c4ccccc4C)C3)c(=O)[nH]c3ccccc23)cc1. The van der Waals surface area contributed by atoms with Gasteiger partial charge in [-0.25, -0.2) is 5.01 Å². The second kappa shape index (κ2) is 8.99. The third kappa shape index (κ3) is 4.08. The molecule has 0 fully saturated rings. The maximum absolute atomic E-state index is 13.6. The van der Waals surface area contributed by atoms with Gasteiger partial charge >= 0.3 is 0 Å². The first-order valence-electron chi connectivity index (χ1n) is 12.0. The summed E-state index contributed by atoms with van der Waals surface area (Å²) in [6.45, 7) is 7.85. The molecule has 5 heteroatoms. The Labute approximate surface area is 205 Å². The highest BCUT2D eigenvalue weighted by atomic mass is 16.2. The molecule has 1 aromatic heterocycles. The van der Waals surface area contributed by atoms with Gasteiger partial charge in [0.15, 0.2) is 0 Å². The number of para-hydroxylation sites is 1. The maximum atomic E-state index is 13.6. The van der Waals surface area contributed by atoms with Crippen LogP contribution in [0.25, 0.3) is 22.0 Å². The number of carbonyl (C=O) groups excluding carboxylic acids is 1. The van der Waals surface area contributed by atoms with Crippen molar-refractivity contribution in [1.29, 1.82) is 0 Å². The highest BCUT2D eigenvalue weighted by molar-refractivity contribution is 6.12. The topological polar surface area (TPSA) is 65.5 Å². The van der Waals surface area contributed by atoms with Gasteiger partial charge in [-0.2, -0.15) is 5.10 Å². The molecule has 35 heavy (non-hydrogen) atoms. The molecule has 1 amide bonds. The number of amides is 1. The van der Waals surface area contributed by atoms with Crippen LogP contribution in [0, 0.1) is 19.8 Å². The van der Waals surface area contributed by atoms with Crippen LogP contribution in [0.4, 0.5) is 0 Å². The van der Waals surface area contributed by atoms with Crippen molar-refractivity contribution in [2.24, 2.45) is 11.0 Å². The van der Waals surface area contributed by atoms with Crippen LogP contribution >= 0.6 is 0 Å². The number of carbonyl (C=O) groups is 1. The fourth-order valence-corrected chi connectivity index (χ4v) is 4.87. The quantitative estimate of drug-likeness (QED) is 0.395. The van der Waals surface area contributed by atoms with E-state index in [-0.39, 0.29) is 23.4 Å². The zero-order valence-corrected chi connectivity index (χ0v) is 20.5. The van der Waals surface area contributed by atoms with Crippen molar-refractivity contribution in [3.63, 3.8) is 0 Å². The molecule has 5 nitrogen and oxygen atoms in total. The Bertz CT molecular complexity index is 1510. The van der Waals surface area contributed by atoms with Crippen molar-refractivity contribution in [3.05, 3.63) is 105 Å². The second-order valence-electron chi connectivity index (χ2n) is 9.58. The summed E-state index contributed by atoms with van der Waals surface area (Å²) in [7, 11) is 0. The zero-order valence-electron chi connectivity index (χ0n) is 20.5. The van der Waals surface area contributed by atoms with Crippen molar-refractivity contribution in [2.45, 2.75) is 40.2 Å². The number of fused-ring (bicyclic) bond motifs is 1. The minimum atomic E-state index is -0.252. The fourth-order valence-electron chi connectivity index (χ4n) is 4.87. The van der Waals surface area contributed by atoms with Gasteiger partial charge in [0, 0.05) is 28.8 Å². The van der Waals surface area contributed by atoms with Gasteiger partial charge in [0.25, 0.3) is 5.56 Å². The molecule has 1 atom stereocenters. The lowest BCUT2D eigenvalue weighted by molar-refractivity contribution is -0.136. The lowest BCUT2D eigenvalue weighted by Crippen LogP contribution is -2.30. The second-order valence-corrected chi connectivity index (χ2v) is 9.58. The maximum Gasteiger partial charge on any atom is 0.258 e. The van der Waals surface area contributed by atoms with E-state index in [1.165, 1.54) is 0 Å². The molecule has 1 aliphatic rings. The fraction of sp³-hybridized carbons (Fsp3) is 0.233. The molecule has 0 radical (unpaired) electrons. The van der Waals surface area contributed by atoms with Gasteiger partial charge in [-0.05, 0) is 36.6 Å². The number of hydrogen-bond donors (Lipinski definition) is 1. The Morgan fingerprint density at radius 3 is 2.34 bits per heavy atom. The summed E-state index contributed by atoms with van der Waals surface area (Å²) in [4.78, 5) is 29.9. The highest BCUT2D eigenvalue weighted by Gasteiger charge is 2.36. The number of aryl methyl sites for hydroxylation is 2. The Balaban J connectivity index is 1.75. The summed E-state index contributed by atoms with van der Waals surface area (Å²) in [6, 6.07) is 23.9. The predicted molar refractivity (Wildman–Crippen MR) is 141 cm³/mol. The minimum absolute atomic E-state index is 0.0534. The van der Waals surface area contributed by atoms with E-state index in [0.29, 0.717) is 17.7 Å². The van der Waals surface area contributed by atoms with Crippen LogP contribution in [0.15, 0.2) is 82.7 Å². The molecular weight excluding hydrogens is 434 g/mol. The first-order valence-corrected chi connectivity index (χ1v) is 12.0. The largest absolute Gasteiger partial charge is 0.321 e. The number of benzene rings is 3. The van der Waals surface area contributed by atoms with Crippen molar-refractivity contribution in [3.8, 4) is 11.1 Å². The summed E-state index contributed by atoms with van der Waals surface area (Å²) in [6.07, 6.45) is 0.476. The van der Waals surface area contributed by atoms with Gasteiger partial charge in [-0.15, -0.1) is 0 Å². The van der Waals surface area contributed by atoms with Crippen LogP contribution in [0.3, 0.4) is 0 Å². The molecular formula is C30H29N3O2.